The molecule has 0 bridgehead atoms. The molecule has 31 heavy (non-hydrogen) atoms. The first-order chi connectivity index (χ1) is 15.1. The molecule has 5 rings (SSSR count). The molecule has 5 aromatic rings. The summed E-state index contributed by atoms with van der Waals surface area (Å²) in [6.07, 6.45) is 0. The topological polar surface area (TPSA) is 20.3 Å². The van der Waals surface area contributed by atoms with E-state index < -0.39 is 7.29 Å². The molecule has 0 fully saturated rings. The molecule has 0 heterocycles. The molecule has 0 atom stereocenters. The van der Waals surface area contributed by atoms with Crippen molar-refractivity contribution in [2.24, 2.45) is 0 Å². The molecule has 3 heteroatoms. The van der Waals surface area contributed by atoms with Crippen molar-refractivity contribution in [3.63, 3.8) is 0 Å². The highest BCUT2D eigenvalue weighted by molar-refractivity contribution is 7.76. The Bertz CT molecular complexity index is 1330. The average molecular weight is 421 g/mol. The molecule has 0 spiro atoms. The van der Waals surface area contributed by atoms with Crippen molar-refractivity contribution < 1.29 is 4.57 Å². The Morgan fingerprint density at radius 1 is 0.581 bits per heavy atom. The molecule has 0 saturated heterocycles. The van der Waals surface area contributed by atoms with Crippen LogP contribution >= 0.6 is 7.29 Å². The van der Waals surface area contributed by atoms with Gasteiger partial charge in [-0.25, -0.2) is 4.67 Å². The van der Waals surface area contributed by atoms with Gasteiger partial charge in [0.2, 0.25) is 7.29 Å². The van der Waals surface area contributed by atoms with Crippen LogP contribution < -0.4 is 10.6 Å². The summed E-state index contributed by atoms with van der Waals surface area (Å²) in [4.78, 5) is 0. The summed E-state index contributed by atoms with van der Waals surface area (Å²) in [6.45, 7) is 0.609. The van der Waals surface area contributed by atoms with Crippen molar-refractivity contribution in [3.05, 3.63) is 121 Å². The van der Waals surface area contributed by atoms with Crippen molar-refractivity contribution in [2.75, 3.05) is 7.05 Å². The zero-order valence-electron chi connectivity index (χ0n) is 17.5. The van der Waals surface area contributed by atoms with Crippen LogP contribution in [0.3, 0.4) is 0 Å². The van der Waals surface area contributed by atoms with Gasteiger partial charge in [0.15, 0.2) is 0 Å². The third-order valence-corrected chi connectivity index (χ3v) is 8.96. The van der Waals surface area contributed by atoms with Crippen LogP contribution in [0.25, 0.3) is 21.5 Å². The third kappa shape index (κ3) is 3.70. The lowest BCUT2D eigenvalue weighted by Gasteiger charge is -2.30. The molecule has 0 unspecified atom stereocenters. The zero-order chi connectivity index (χ0) is 21.3. The summed E-state index contributed by atoms with van der Waals surface area (Å²) in [5, 5.41) is 6.24. The Hall–Kier alpha value is -3.19. The Balaban J connectivity index is 1.69. The Labute approximate surface area is 183 Å². The maximum Gasteiger partial charge on any atom is 0.207 e. The molecule has 0 aliphatic rings. The van der Waals surface area contributed by atoms with Crippen molar-refractivity contribution in [1.82, 2.24) is 4.67 Å². The second-order valence-electron chi connectivity index (χ2n) is 7.94. The lowest BCUT2D eigenvalue weighted by molar-refractivity contribution is 0.481. The van der Waals surface area contributed by atoms with Gasteiger partial charge in [-0.05, 0) is 58.4 Å². The fourth-order valence-corrected chi connectivity index (χ4v) is 6.85. The first kappa shape index (κ1) is 19.8. The zero-order valence-corrected chi connectivity index (χ0v) is 18.4. The lowest BCUT2D eigenvalue weighted by atomic mass is 10.1. The lowest BCUT2D eigenvalue weighted by Crippen LogP contribution is -2.29. The minimum absolute atomic E-state index is 0.609. The van der Waals surface area contributed by atoms with E-state index in [1.165, 1.54) is 0 Å². The van der Waals surface area contributed by atoms with Gasteiger partial charge in [-0.3, -0.25) is 4.57 Å². The summed E-state index contributed by atoms with van der Waals surface area (Å²) < 4.78 is 17.0. The maximum atomic E-state index is 14.9. The Morgan fingerprint density at radius 3 is 1.55 bits per heavy atom. The van der Waals surface area contributed by atoms with Gasteiger partial charge in [0, 0.05) is 17.2 Å². The second-order valence-corrected chi connectivity index (χ2v) is 10.8. The Kier molecular flexibility index (Phi) is 5.19. The van der Waals surface area contributed by atoms with Crippen LogP contribution in [-0.2, 0) is 11.1 Å². The number of hydrogen-bond donors (Lipinski definition) is 0. The largest absolute Gasteiger partial charge is 0.296 e. The van der Waals surface area contributed by atoms with Crippen molar-refractivity contribution in [1.29, 1.82) is 0 Å². The van der Waals surface area contributed by atoms with E-state index in [4.69, 9.17) is 0 Å². The molecule has 0 aromatic heterocycles. The number of nitrogens with zero attached hydrogens (tertiary/aromatic N) is 1. The second kappa shape index (κ2) is 8.15. The van der Waals surface area contributed by atoms with E-state index in [2.05, 4.69) is 60.7 Å². The number of benzene rings is 5. The average Bonchev–Trinajstić information content (AvgIpc) is 2.83. The van der Waals surface area contributed by atoms with Gasteiger partial charge in [-0.15, -0.1) is 0 Å². The van der Waals surface area contributed by atoms with Crippen LogP contribution in [0.1, 0.15) is 5.56 Å². The van der Waals surface area contributed by atoms with E-state index in [0.29, 0.717) is 6.54 Å². The summed E-state index contributed by atoms with van der Waals surface area (Å²) in [5.41, 5.74) is 1.15. The molecule has 2 nitrogen and oxygen atoms in total. The van der Waals surface area contributed by atoms with E-state index in [-0.39, 0.29) is 0 Å². The van der Waals surface area contributed by atoms with Gasteiger partial charge in [0.1, 0.15) is 0 Å². The van der Waals surface area contributed by atoms with E-state index in [9.17, 15) is 4.57 Å². The molecular formula is C28H24NOP. The number of rotatable bonds is 5. The van der Waals surface area contributed by atoms with Crippen LogP contribution in [0.15, 0.2) is 115 Å². The molecule has 0 aliphatic heterocycles. The standard InChI is InChI=1S/C28H24NOP/c1-29(21-22-9-3-2-4-10-22)31(30,27-17-15-23-11-5-7-13-25(23)19-27)28-18-16-24-12-6-8-14-26(24)20-28/h2-20H,21H2,1H3. The van der Waals surface area contributed by atoms with Gasteiger partial charge in [0.25, 0.3) is 0 Å². The van der Waals surface area contributed by atoms with Crippen molar-refractivity contribution in [3.8, 4) is 0 Å². The van der Waals surface area contributed by atoms with Gasteiger partial charge < -0.3 is 0 Å². The van der Waals surface area contributed by atoms with Gasteiger partial charge >= 0.3 is 0 Å². The highest BCUT2D eigenvalue weighted by atomic mass is 31.2. The van der Waals surface area contributed by atoms with Crippen LogP contribution in [0.4, 0.5) is 0 Å². The first-order valence-electron chi connectivity index (χ1n) is 10.5. The fraction of sp³-hybridized carbons (Fsp3) is 0.0714. The van der Waals surface area contributed by atoms with Gasteiger partial charge in [-0.2, -0.15) is 0 Å². The molecule has 0 amide bonds. The predicted molar refractivity (Wildman–Crippen MR) is 133 cm³/mol. The smallest absolute Gasteiger partial charge is 0.207 e. The van der Waals surface area contributed by atoms with Gasteiger partial charge in [0.05, 0.1) is 0 Å². The molecule has 5 aromatic carbocycles. The SMILES string of the molecule is CN(Cc1ccccc1)P(=O)(c1ccc2ccccc2c1)c1ccc2ccccc2c1. The molecule has 0 N–H and O–H groups in total. The van der Waals surface area contributed by atoms with Crippen LogP contribution in [0.5, 0.6) is 0 Å². The van der Waals surface area contributed by atoms with E-state index in [1.807, 2.05) is 66.3 Å². The number of hydrogen-bond acceptors (Lipinski definition) is 1. The monoisotopic (exact) mass is 421 g/mol. The quantitative estimate of drug-likeness (QED) is 0.308. The van der Waals surface area contributed by atoms with Crippen molar-refractivity contribution >= 4 is 39.4 Å². The van der Waals surface area contributed by atoms with Crippen LogP contribution in [0, 0.1) is 0 Å². The first-order valence-corrected chi connectivity index (χ1v) is 12.1. The maximum absolute atomic E-state index is 14.9. The van der Waals surface area contributed by atoms with Crippen molar-refractivity contribution in [2.45, 2.75) is 6.54 Å². The van der Waals surface area contributed by atoms with Crippen LogP contribution in [0.2, 0.25) is 0 Å². The summed E-state index contributed by atoms with van der Waals surface area (Å²) >= 11 is 0. The summed E-state index contributed by atoms with van der Waals surface area (Å²) in [7, 11) is -1.09. The van der Waals surface area contributed by atoms with Gasteiger partial charge in [-0.1, -0.05) is 91.0 Å². The predicted octanol–water partition coefficient (Wildman–Crippen LogP) is 6.35. The number of fused-ring (bicyclic) bond motifs is 2. The van der Waals surface area contributed by atoms with Crippen LogP contribution in [-0.4, -0.2) is 11.7 Å². The Morgan fingerprint density at radius 2 is 1.03 bits per heavy atom. The highest BCUT2D eigenvalue weighted by Crippen LogP contribution is 2.48. The van der Waals surface area contributed by atoms with E-state index >= 15 is 0 Å². The minimum atomic E-state index is -3.06. The van der Waals surface area contributed by atoms with E-state index in [0.717, 1.165) is 37.7 Å². The molecule has 0 saturated carbocycles. The highest BCUT2D eigenvalue weighted by Gasteiger charge is 2.32. The molecular weight excluding hydrogens is 397 g/mol. The summed E-state index contributed by atoms with van der Waals surface area (Å²) in [5.74, 6) is 0. The van der Waals surface area contributed by atoms with E-state index in [1.54, 1.807) is 0 Å². The summed E-state index contributed by atoms with van der Waals surface area (Å²) in [6, 6.07) is 39.1. The molecule has 0 radical (unpaired) electrons. The minimum Gasteiger partial charge on any atom is -0.296 e. The normalized spacial score (nSPS) is 11.9. The molecule has 0 aliphatic carbocycles. The third-order valence-electron chi connectivity index (χ3n) is 5.90. The fourth-order valence-electron chi connectivity index (χ4n) is 4.22. The molecule has 152 valence electrons.